The molecule has 0 spiro atoms. The molecule has 1 aliphatic heterocycles. The van der Waals surface area contributed by atoms with Gasteiger partial charge in [-0.2, -0.15) is 0 Å². The van der Waals surface area contributed by atoms with E-state index in [0.29, 0.717) is 6.42 Å². The maximum Gasteiger partial charge on any atom is 0.163 e. The number of fused-ring (bicyclic) bond motifs is 1. The second-order valence-corrected chi connectivity index (χ2v) is 7.07. The molecule has 3 aromatic rings. The zero-order chi connectivity index (χ0) is 18.9. The normalized spacial score (nSPS) is 15.9. The molecule has 3 heterocycles. The quantitative estimate of drug-likeness (QED) is 0.742. The zero-order valence-electron chi connectivity index (χ0n) is 15.4. The van der Waals surface area contributed by atoms with Crippen molar-refractivity contribution in [3.8, 4) is 0 Å². The first-order valence-electron chi connectivity index (χ1n) is 9.47. The van der Waals surface area contributed by atoms with Crippen molar-refractivity contribution in [3.63, 3.8) is 0 Å². The van der Waals surface area contributed by atoms with Gasteiger partial charge in [-0.1, -0.05) is 24.3 Å². The van der Waals surface area contributed by atoms with Crippen LogP contribution in [-0.2, 0) is 6.42 Å². The minimum Gasteiger partial charge on any atom is -0.354 e. The fourth-order valence-electron chi connectivity index (χ4n) is 3.95. The topological polar surface area (TPSA) is 54.9 Å². The molecule has 0 radical (unpaired) electrons. The Morgan fingerprint density at radius 3 is 2.57 bits per heavy atom. The molecule has 28 heavy (non-hydrogen) atoms. The molecule has 0 fully saturated rings. The number of carbonyl (C=O) groups excluding carboxylic acids is 1. The van der Waals surface area contributed by atoms with Gasteiger partial charge in [0.1, 0.15) is 0 Å². The fraction of sp³-hybridized carbons (Fsp3) is 0.125. The summed E-state index contributed by atoms with van der Waals surface area (Å²) in [7, 11) is 0. The van der Waals surface area contributed by atoms with E-state index >= 15 is 0 Å². The SMILES string of the molecule is O=C1CCc2cc(C3=C(c4ccncc4)NC(c4cccnc4)=CC3)ccc21. The van der Waals surface area contributed by atoms with E-state index in [0.717, 1.165) is 52.1 Å². The number of pyridine rings is 2. The van der Waals surface area contributed by atoms with Crippen molar-refractivity contribution in [2.45, 2.75) is 19.3 Å². The maximum atomic E-state index is 12.0. The number of nitrogens with zero attached hydrogens (tertiary/aromatic N) is 2. The van der Waals surface area contributed by atoms with E-state index in [1.165, 1.54) is 5.57 Å². The van der Waals surface area contributed by atoms with Gasteiger partial charge in [0.2, 0.25) is 0 Å². The van der Waals surface area contributed by atoms with E-state index in [1.54, 1.807) is 6.20 Å². The molecule has 4 heteroatoms. The number of hydrogen-bond donors (Lipinski definition) is 1. The summed E-state index contributed by atoms with van der Waals surface area (Å²) in [5.41, 5.74) is 8.71. The summed E-state index contributed by atoms with van der Waals surface area (Å²) in [6.07, 6.45) is 11.7. The summed E-state index contributed by atoms with van der Waals surface area (Å²) in [5, 5.41) is 3.62. The average Bonchev–Trinajstić information content (AvgIpc) is 3.15. The molecule has 136 valence electrons. The van der Waals surface area contributed by atoms with Crippen LogP contribution >= 0.6 is 0 Å². The Labute approximate surface area is 163 Å². The summed E-state index contributed by atoms with van der Waals surface area (Å²) < 4.78 is 0. The molecule has 0 saturated heterocycles. The summed E-state index contributed by atoms with van der Waals surface area (Å²) in [5.74, 6) is 0.255. The molecule has 0 unspecified atom stereocenters. The zero-order valence-corrected chi connectivity index (χ0v) is 15.4. The maximum absolute atomic E-state index is 12.0. The summed E-state index contributed by atoms with van der Waals surface area (Å²) in [4.78, 5) is 20.4. The van der Waals surface area contributed by atoms with Crippen molar-refractivity contribution >= 4 is 22.8 Å². The van der Waals surface area contributed by atoms with E-state index in [4.69, 9.17) is 0 Å². The molecule has 0 bridgehead atoms. The smallest absolute Gasteiger partial charge is 0.163 e. The molecule has 0 saturated carbocycles. The molecule has 1 aromatic carbocycles. The minimum atomic E-state index is 0.255. The van der Waals surface area contributed by atoms with Crippen LogP contribution in [0.3, 0.4) is 0 Å². The highest BCUT2D eigenvalue weighted by molar-refractivity contribution is 6.02. The second kappa shape index (κ2) is 6.89. The Kier molecular flexibility index (Phi) is 4.09. The van der Waals surface area contributed by atoms with Crippen LogP contribution in [0.5, 0.6) is 0 Å². The van der Waals surface area contributed by atoms with Crippen LogP contribution in [0.15, 0.2) is 73.3 Å². The average molecular weight is 365 g/mol. The van der Waals surface area contributed by atoms with Crippen LogP contribution in [0.1, 0.15) is 45.5 Å². The Bertz CT molecular complexity index is 1120. The molecule has 2 aliphatic rings. The fourth-order valence-corrected chi connectivity index (χ4v) is 3.95. The van der Waals surface area contributed by atoms with Gasteiger partial charge in [0.05, 0.1) is 5.70 Å². The molecule has 0 amide bonds. The van der Waals surface area contributed by atoms with Gasteiger partial charge in [-0.05, 0) is 53.8 Å². The number of aromatic nitrogens is 2. The van der Waals surface area contributed by atoms with Gasteiger partial charge in [0.25, 0.3) is 0 Å². The summed E-state index contributed by atoms with van der Waals surface area (Å²) in [6.45, 7) is 0. The Balaban J connectivity index is 1.60. The molecule has 1 aliphatic carbocycles. The van der Waals surface area contributed by atoms with E-state index in [1.807, 2.05) is 42.9 Å². The van der Waals surface area contributed by atoms with E-state index in [2.05, 4.69) is 39.6 Å². The van der Waals surface area contributed by atoms with Gasteiger partial charge in [0, 0.05) is 53.6 Å². The number of dihydropyridines is 1. The van der Waals surface area contributed by atoms with Crippen LogP contribution in [0.4, 0.5) is 0 Å². The van der Waals surface area contributed by atoms with Gasteiger partial charge in [-0.25, -0.2) is 0 Å². The Morgan fingerprint density at radius 1 is 0.857 bits per heavy atom. The van der Waals surface area contributed by atoms with Crippen LogP contribution in [0, 0.1) is 0 Å². The first kappa shape index (κ1) is 16.6. The monoisotopic (exact) mass is 365 g/mol. The lowest BCUT2D eigenvalue weighted by Crippen LogP contribution is -2.17. The van der Waals surface area contributed by atoms with E-state index < -0.39 is 0 Å². The first-order valence-corrected chi connectivity index (χ1v) is 9.47. The lowest BCUT2D eigenvalue weighted by molar-refractivity contribution is 0.0994. The number of rotatable bonds is 3. The van der Waals surface area contributed by atoms with E-state index in [-0.39, 0.29) is 5.78 Å². The number of benzene rings is 1. The van der Waals surface area contributed by atoms with Gasteiger partial charge >= 0.3 is 0 Å². The molecular weight excluding hydrogens is 346 g/mol. The Hall–Kier alpha value is -3.53. The number of aryl methyl sites for hydroxylation is 1. The van der Waals surface area contributed by atoms with Gasteiger partial charge in [0.15, 0.2) is 5.78 Å². The molecule has 5 rings (SSSR count). The predicted octanol–water partition coefficient (Wildman–Crippen LogP) is 4.51. The third-order valence-electron chi connectivity index (χ3n) is 5.39. The summed E-state index contributed by atoms with van der Waals surface area (Å²) in [6, 6.07) is 14.3. The van der Waals surface area contributed by atoms with Crippen LogP contribution < -0.4 is 5.32 Å². The molecule has 2 aromatic heterocycles. The predicted molar refractivity (Wildman–Crippen MR) is 110 cm³/mol. The van der Waals surface area contributed by atoms with Gasteiger partial charge in [-0.15, -0.1) is 0 Å². The van der Waals surface area contributed by atoms with Crippen LogP contribution in [0.2, 0.25) is 0 Å². The molecule has 1 N–H and O–H groups in total. The lowest BCUT2D eigenvalue weighted by atomic mass is 9.91. The van der Waals surface area contributed by atoms with Gasteiger partial charge in [-0.3, -0.25) is 14.8 Å². The van der Waals surface area contributed by atoms with Crippen molar-refractivity contribution in [3.05, 3.63) is 101 Å². The number of Topliss-reactive ketones (excluding diaryl/α,β-unsaturated/α-hetero) is 1. The first-order chi connectivity index (χ1) is 13.8. The molecule has 0 atom stereocenters. The van der Waals surface area contributed by atoms with Gasteiger partial charge < -0.3 is 5.32 Å². The third-order valence-corrected chi connectivity index (χ3v) is 5.39. The van der Waals surface area contributed by atoms with Crippen molar-refractivity contribution in [2.24, 2.45) is 0 Å². The highest BCUT2D eigenvalue weighted by Crippen LogP contribution is 2.35. The standard InChI is InChI=1S/C24H19N3O/c28-23-8-4-17-14-18(3-5-20(17)23)21-6-7-22(19-2-1-11-26-15-19)27-24(21)16-9-12-25-13-10-16/h1-3,5,7,9-15,27H,4,6,8H2. The number of nitrogens with one attached hydrogen (secondary N) is 1. The van der Waals surface area contributed by atoms with Crippen molar-refractivity contribution in [1.29, 1.82) is 0 Å². The van der Waals surface area contributed by atoms with Crippen molar-refractivity contribution in [1.82, 2.24) is 15.3 Å². The number of hydrogen-bond acceptors (Lipinski definition) is 4. The summed E-state index contributed by atoms with van der Waals surface area (Å²) >= 11 is 0. The largest absolute Gasteiger partial charge is 0.354 e. The lowest BCUT2D eigenvalue weighted by Gasteiger charge is -2.24. The second-order valence-electron chi connectivity index (χ2n) is 7.07. The van der Waals surface area contributed by atoms with Crippen molar-refractivity contribution in [2.75, 3.05) is 0 Å². The minimum absolute atomic E-state index is 0.255. The van der Waals surface area contributed by atoms with E-state index in [9.17, 15) is 4.79 Å². The number of allylic oxidation sites excluding steroid dienone is 2. The molecule has 4 nitrogen and oxygen atoms in total. The highest BCUT2D eigenvalue weighted by Gasteiger charge is 2.22. The highest BCUT2D eigenvalue weighted by atomic mass is 16.1. The molecular formula is C24H19N3O. The Morgan fingerprint density at radius 2 is 1.75 bits per heavy atom. The number of carbonyl (C=O) groups is 1. The third kappa shape index (κ3) is 2.93. The van der Waals surface area contributed by atoms with Crippen LogP contribution in [0.25, 0.3) is 17.0 Å². The van der Waals surface area contributed by atoms with Crippen molar-refractivity contribution < 1.29 is 4.79 Å². The van der Waals surface area contributed by atoms with Crippen LogP contribution in [-0.4, -0.2) is 15.8 Å². The number of ketones is 1.